The van der Waals surface area contributed by atoms with Gasteiger partial charge in [-0.15, -0.1) is 0 Å². The third kappa shape index (κ3) is 4.15. The maximum atomic E-state index is 13.7. The van der Waals surface area contributed by atoms with Crippen LogP contribution in [0, 0.1) is 0 Å². The Kier molecular flexibility index (Phi) is 6.19. The van der Waals surface area contributed by atoms with Crippen LogP contribution < -0.4 is 0 Å². The second-order valence-electron chi connectivity index (χ2n) is 8.58. The average Bonchev–Trinajstić information content (AvgIpc) is 2.83. The summed E-state index contributed by atoms with van der Waals surface area (Å²) >= 11 is 12.8. The zero-order valence-corrected chi connectivity index (χ0v) is 19.4. The summed E-state index contributed by atoms with van der Waals surface area (Å²) in [7, 11) is 0. The van der Waals surface area contributed by atoms with Gasteiger partial charge in [0.25, 0.3) is 0 Å². The maximum absolute atomic E-state index is 13.7. The van der Waals surface area contributed by atoms with Crippen molar-refractivity contribution in [1.29, 1.82) is 0 Å². The van der Waals surface area contributed by atoms with Gasteiger partial charge in [0.2, 0.25) is 0 Å². The van der Waals surface area contributed by atoms with E-state index in [0.717, 1.165) is 63.7 Å². The van der Waals surface area contributed by atoms with Gasteiger partial charge < -0.3 is 4.90 Å². The average molecular weight is 462 g/mol. The number of hydrogen-bond donors (Lipinski definition) is 0. The number of hydrogen-bond acceptors (Lipinski definition) is 2. The van der Waals surface area contributed by atoms with Crippen molar-refractivity contribution in [3.8, 4) is 0 Å². The molecule has 1 saturated heterocycles. The quantitative estimate of drug-likeness (QED) is 0.285. The van der Waals surface area contributed by atoms with E-state index in [2.05, 4.69) is 11.0 Å². The van der Waals surface area contributed by atoms with Gasteiger partial charge >= 0.3 is 0 Å². The normalized spacial score (nSPS) is 14.8. The third-order valence-electron chi connectivity index (χ3n) is 6.58. The lowest BCUT2D eigenvalue weighted by Gasteiger charge is -2.27. The van der Waals surface area contributed by atoms with E-state index in [4.69, 9.17) is 23.2 Å². The van der Waals surface area contributed by atoms with Crippen LogP contribution in [0.2, 0.25) is 10.0 Å². The molecule has 2 nitrogen and oxygen atoms in total. The molecule has 0 aliphatic carbocycles. The summed E-state index contributed by atoms with van der Waals surface area (Å²) in [5, 5.41) is 5.43. The number of likely N-dealkylation sites (tertiary alicyclic amines) is 1. The number of rotatable bonds is 5. The molecule has 0 saturated carbocycles. The first-order valence-corrected chi connectivity index (χ1v) is 12.0. The van der Waals surface area contributed by atoms with Gasteiger partial charge in [-0.05, 0) is 66.9 Å². The van der Waals surface area contributed by atoms with Crippen molar-refractivity contribution < 1.29 is 4.79 Å². The molecule has 0 radical (unpaired) electrons. The standard InChI is InChI=1S/C28H25Cl2NO/c29-26-8-4-6-19-18-20(10-11-21(19)26)28(32)25-13-12-24-22(7-5-9-27(24)30)23(25)14-17-31-15-2-1-3-16-31/h4-13,18H,1-3,14-17H2. The molecule has 0 unspecified atom stereocenters. The third-order valence-corrected chi connectivity index (χ3v) is 7.24. The molecule has 4 heteroatoms. The van der Waals surface area contributed by atoms with Crippen LogP contribution in [-0.4, -0.2) is 30.3 Å². The first kappa shape index (κ1) is 21.5. The van der Waals surface area contributed by atoms with E-state index in [0.29, 0.717) is 10.6 Å². The Morgan fingerprint density at radius 3 is 2.31 bits per heavy atom. The number of nitrogens with zero attached hydrogens (tertiary/aromatic N) is 1. The minimum absolute atomic E-state index is 0.0439. The number of halogens is 2. The Bertz CT molecular complexity index is 1310. The van der Waals surface area contributed by atoms with E-state index in [1.807, 2.05) is 60.7 Å². The predicted octanol–water partition coefficient (Wildman–Crippen LogP) is 7.56. The zero-order valence-electron chi connectivity index (χ0n) is 17.9. The molecule has 162 valence electrons. The molecule has 0 bridgehead atoms. The van der Waals surface area contributed by atoms with Crippen molar-refractivity contribution in [3.05, 3.63) is 93.5 Å². The fourth-order valence-corrected chi connectivity index (χ4v) is 5.34. The van der Waals surface area contributed by atoms with Gasteiger partial charge in [0.1, 0.15) is 0 Å². The molecule has 32 heavy (non-hydrogen) atoms. The monoisotopic (exact) mass is 461 g/mol. The molecule has 4 aromatic carbocycles. The Morgan fingerprint density at radius 2 is 1.50 bits per heavy atom. The van der Waals surface area contributed by atoms with Crippen LogP contribution >= 0.6 is 23.2 Å². The van der Waals surface area contributed by atoms with E-state index in [1.54, 1.807) is 0 Å². The van der Waals surface area contributed by atoms with Crippen LogP contribution in [0.5, 0.6) is 0 Å². The largest absolute Gasteiger partial charge is 0.303 e. The van der Waals surface area contributed by atoms with Gasteiger partial charge in [-0.3, -0.25) is 4.79 Å². The van der Waals surface area contributed by atoms with Gasteiger partial charge in [-0.1, -0.05) is 78.2 Å². The molecule has 0 spiro atoms. The number of benzene rings is 4. The van der Waals surface area contributed by atoms with Crippen LogP contribution in [0.1, 0.15) is 40.7 Å². The molecule has 1 heterocycles. The van der Waals surface area contributed by atoms with Crippen LogP contribution in [0.25, 0.3) is 21.5 Å². The molecule has 5 rings (SSSR count). The number of fused-ring (bicyclic) bond motifs is 2. The predicted molar refractivity (Wildman–Crippen MR) is 135 cm³/mol. The smallest absolute Gasteiger partial charge is 0.193 e. The molecule has 0 atom stereocenters. The fourth-order valence-electron chi connectivity index (χ4n) is 4.86. The molecular weight excluding hydrogens is 437 g/mol. The summed E-state index contributed by atoms with van der Waals surface area (Å²) < 4.78 is 0. The Hall–Kier alpha value is -2.39. The summed E-state index contributed by atoms with van der Waals surface area (Å²) in [6.45, 7) is 3.24. The van der Waals surface area contributed by atoms with Gasteiger partial charge in [-0.25, -0.2) is 0 Å². The van der Waals surface area contributed by atoms with Crippen molar-refractivity contribution in [1.82, 2.24) is 4.90 Å². The Balaban J connectivity index is 1.57. The molecular formula is C28H25Cl2NO. The lowest BCUT2D eigenvalue weighted by Crippen LogP contribution is -2.31. The van der Waals surface area contributed by atoms with Gasteiger partial charge in [0.05, 0.1) is 0 Å². The second kappa shape index (κ2) is 9.23. The topological polar surface area (TPSA) is 20.3 Å². The van der Waals surface area contributed by atoms with Crippen LogP contribution in [-0.2, 0) is 6.42 Å². The minimum atomic E-state index is 0.0439. The van der Waals surface area contributed by atoms with E-state index in [-0.39, 0.29) is 5.78 Å². The van der Waals surface area contributed by atoms with Crippen molar-refractivity contribution in [3.63, 3.8) is 0 Å². The van der Waals surface area contributed by atoms with Crippen molar-refractivity contribution in [2.24, 2.45) is 0 Å². The summed E-state index contributed by atoms with van der Waals surface area (Å²) in [6.07, 6.45) is 4.66. The molecule has 1 aliphatic rings. The van der Waals surface area contributed by atoms with Gasteiger partial charge in [0, 0.05) is 38.5 Å². The minimum Gasteiger partial charge on any atom is -0.303 e. The highest BCUT2D eigenvalue weighted by molar-refractivity contribution is 6.36. The number of ketones is 1. The molecule has 4 aromatic rings. The number of piperidine rings is 1. The Morgan fingerprint density at radius 1 is 0.781 bits per heavy atom. The van der Waals surface area contributed by atoms with Crippen molar-refractivity contribution in [2.75, 3.05) is 19.6 Å². The molecule has 0 amide bonds. The first-order valence-electron chi connectivity index (χ1n) is 11.3. The summed E-state index contributed by atoms with van der Waals surface area (Å²) in [5.41, 5.74) is 2.53. The highest BCUT2D eigenvalue weighted by Gasteiger charge is 2.19. The van der Waals surface area contributed by atoms with Crippen LogP contribution in [0.3, 0.4) is 0 Å². The SMILES string of the molecule is O=C(c1ccc2c(Cl)cccc2c1)c1ccc2c(Cl)cccc2c1CCN1CCCCC1. The van der Waals surface area contributed by atoms with E-state index in [1.165, 1.54) is 19.3 Å². The molecule has 0 N–H and O–H groups in total. The van der Waals surface area contributed by atoms with Crippen LogP contribution in [0.4, 0.5) is 0 Å². The van der Waals surface area contributed by atoms with E-state index < -0.39 is 0 Å². The Labute approximate surface area is 198 Å². The number of carbonyl (C=O) groups is 1. The fraction of sp³-hybridized carbons (Fsp3) is 0.250. The summed E-state index contributed by atoms with van der Waals surface area (Å²) in [6, 6.07) is 21.5. The molecule has 1 fully saturated rings. The van der Waals surface area contributed by atoms with Crippen molar-refractivity contribution in [2.45, 2.75) is 25.7 Å². The lowest BCUT2D eigenvalue weighted by atomic mass is 9.91. The summed E-state index contributed by atoms with van der Waals surface area (Å²) in [4.78, 5) is 16.2. The molecule has 0 aromatic heterocycles. The number of carbonyl (C=O) groups excluding carboxylic acids is 1. The first-order chi connectivity index (χ1) is 15.6. The molecule has 1 aliphatic heterocycles. The van der Waals surface area contributed by atoms with E-state index in [9.17, 15) is 4.79 Å². The van der Waals surface area contributed by atoms with Gasteiger partial charge in [0.15, 0.2) is 5.78 Å². The van der Waals surface area contributed by atoms with Gasteiger partial charge in [-0.2, -0.15) is 0 Å². The zero-order chi connectivity index (χ0) is 22.1. The highest BCUT2D eigenvalue weighted by Crippen LogP contribution is 2.31. The maximum Gasteiger partial charge on any atom is 0.193 e. The second-order valence-corrected chi connectivity index (χ2v) is 9.40. The highest BCUT2D eigenvalue weighted by atomic mass is 35.5. The van der Waals surface area contributed by atoms with Crippen LogP contribution in [0.15, 0.2) is 66.7 Å². The van der Waals surface area contributed by atoms with E-state index >= 15 is 0 Å². The van der Waals surface area contributed by atoms with Crippen molar-refractivity contribution >= 4 is 50.5 Å². The summed E-state index contributed by atoms with van der Waals surface area (Å²) in [5.74, 6) is 0.0439. The lowest BCUT2D eigenvalue weighted by molar-refractivity contribution is 0.103.